The smallest absolute Gasteiger partial charge is 0.417 e. The Morgan fingerprint density at radius 3 is 2.62 bits per heavy atom. The number of ether oxygens (including phenoxy) is 1. The van der Waals surface area contributed by atoms with Gasteiger partial charge in [0.2, 0.25) is 0 Å². The molecular weight excluding hydrogens is 409 g/mol. The van der Waals surface area contributed by atoms with Gasteiger partial charge in [0.25, 0.3) is 5.91 Å². The molecule has 5 nitrogen and oxygen atoms in total. The fraction of sp³-hybridized carbons (Fsp3) is 0.350. The van der Waals surface area contributed by atoms with Gasteiger partial charge in [0.15, 0.2) is 6.23 Å². The molecule has 29 heavy (non-hydrogen) atoms. The molecule has 0 radical (unpaired) electrons. The van der Waals surface area contributed by atoms with Crippen molar-refractivity contribution in [2.75, 3.05) is 27.2 Å². The fourth-order valence-electron chi connectivity index (χ4n) is 3.12. The number of likely N-dealkylation sites (N-methyl/N-ethyl adjacent to an activating group) is 1. The zero-order valence-electron chi connectivity index (χ0n) is 15.8. The van der Waals surface area contributed by atoms with Crippen LogP contribution in [0.15, 0.2) is 36.4 Å². The van der Waals surface area contributed by atoms with Crippen LogP contribution < -0.4 is 4.74 Å². The van der Waals surface area contributed by atoms with Gasteiger partial charge in [-0.3, -0.25) is 4.79 Å². The molecule has 3 rings (SSSR count). The number of benzene rings is 2. The van der Waals surface area contributed by atoms with Crippen LogP contribution in [-0.4, -0.2) is 48.1 Å². The third kappa shape index (κ3) is 4.49. The van der Waals surface area contributed by atoms with E-state index < -0.39 is 28.9 Å². The Labute approximate surface area is 171 Å². The fourth-order valence-corrected chi connectivity index (χ4v) is 3.34. The quantitative estimate of drug-likeness (QED) is 0.757. The summed E-state index contributed by atoms with van der Waals surface area (Å²) in [6, 6.07) is 8.31. The molecule has 0 spiro atoms. The average molecular weight is 429 g/mol. The highest BCUT2D eigenvalue weighted by Gasteiger charge is 2.39. The van der Waals surface area contributed by atoms with Crippen molar-refractivity contribution in [1.29, 1.82) is 0 Å². The number of fused-ring (bicyclic) bond motifs is 1. The minimum absolute atomic E-state index is 0.202. The zero-order chi connectivity index (χ0) is 21.3. The zero-order valence-corrected chi connectivity index (χ0v) is 16.6. The van der Waals surface area contributed by atoms with Gasteiger partial charge in [-0.05, 0) is 37.9 Å². The summed E-state index contributed by atoms with van der Waals surface area (Å²) < 4.78 is 45.0. The summed E-state index contributed by atoms with van der Waals surface area (Å²) >= 11 is 5.65. The van der Waals surface area contributed by atoms with Gasteiger partial charge in [0, 0.05) is 18.7 Å². The monoisotopic (exact) mass is 428 g/mol. The lowest BCUT2D eigenvalue weighted by Crippen LogP contribution is -2.27. The predicted octanol–water partition coefficient (Wildman–Crippen LogP) is 3.95. The Morgan fingerprint density at radius 1 is 1.24 bits per heavy atom. The summed E-state index contributed by atoms with van der Waals surface area (Å²) in [4.78, 5) is 15.9. The number of carbonyl (C=O) groups is 1. The molecule has 0 bridgehead atoms. The number of nitrogens with zero attached hydrogens (tertiary/aromatic N) is 2. The van der Waals surface area contributed by atoms with E-state index in [9.17, 15) is 23.1 Å². The molecule has 0 aliphatic carbocycles. The number of alkyl halides is 3. The molecule has 2 aromatic rings. The highest BCUT2D eigenvalue weighted by Crippen LogP contribution is 2.39. The van der Waals surface area contributed by atoms with Crippen molar-refractivity contribution in [3.63, 3.8) is 0 Å². The van der Waals surface area contributed by atoms with Crippen molar-refractivity contribution in [2.45, 2.75) is 18.9 Å². The van der Waals surface area contributed by atoms with E-state index in [1.807, 2.05) is 19.0 Å². The van der Waals surface area contributed by atoms with Crippen molar-refractivity contribution in [3.05, 3.63) is 63.7 Å². The molecule has 0 saturated carbocycles. The van der Waals surface area contributed by atoms with E-state index in [0.29, 0.717) is 24.5 Å². The third-order valence-electron chi connectivity index (χ3n) is 4.59. The number of hydrogen-bond donors (Lipinski definition) is 1. The number of hydrogen-bond acceptors (Lipinski definition) is 4. The van der Waals surface area contributed by atoms with Crippen molar-refractivity contribution in [3.8, 4) is 5.75 Å². The molecule has 156 valence electrons. The van der Waals surface area contributed by atoms with Crippen LogP contribution in [0, 0.1) is 0 Å². The first kappa shape index (κ1) is 21.4. The third-order valence-corrected chi connectivity index (χ3v) is 4.92. The van der Waals surface area contributed by atoms with Crippen LogP contribution in [-0.2, 0) is 12.7 Å². The van der Waals surface area contributed by atoms with E-state index in [0.717, 1.165) is 17.0 Å². The summed E-state index contributed by atoms with van der Waals surface area (Å²) in [5.74, 6) is -0.167. The number of amides is 1. The second-order valence-electron chi connectivity index (χ2n) is 6.99. The lowest BCUT2D eigenvalue weighted by atomic mass is 10.1. The Balaban J connectivity index is 1.85. The molecule has 1 aliphatic heterocycles. The summed E-state index contributed by atoms with van der Waals surface area (Å²) in [7, 11) is 3.77. The number of aliphatic hydroxyl groups is 1. The number of rotatable bonds is 6. The largest absolute Gasteiger partial charge is 0.491 e. The standard InChI is InChI=1S/C20H20ClF3N2O3/c1-25(2)8-9-29-16-5-3-4-13-17(16)19(28)26(18(13)27)11-12-6-7-15(21)14(10-12)20(22,23)24/h3-7,10,18,27H,8-9,11H2,1-2H3. The number of halogens is 4. The molecule has 0 aromatic heterocycles. The van der Waals surface area contributed by atoms with E-state index in [2.05, 4.69) is 0 Å². The first-order chi connectivity index (χ1) is 13.6. The van der Waals surface area contributed by atoms with Crippen molar-refractivity contribution in [1.82, 2.24) is 9.80 Å². The summed E-state index contributed by atoms with van der Waals surface area (Å²) in [5, 5.41) is 10.2. The van der Waals surface area contributed by atoms with Crippen LogP contribution >= 0.6 is 11.6 Å². The normalized spacial score (nSPS) is 16.5. The van der Waals surface area contributed by atoms with Gasteiger partial charge < -0.3 is 19.6 Å². The molecule has 1 aliphatic rings. The second kappa shape index (κ2) is 8.22. The summed E-state index contributed by atoms with van der Waals surface area (Å²) in [5.41, 5.74) is -0.189. The van der Waals surface area contributed by atoms with Gasteiger partial charge in [-0.25, -0.2) is 0 Å². The van der Waals surface area contributed by atoms with E-state index in [1.165, 1.54) is 6.07 Å². The maximum Gasteiger partial charge on any atom is 0.417 e. The maximum absolute atomic E-state index is 13.1. The minimum Gasteiger partial charge on any atom is -0.491 e. The van der Waals surface area contributed by atoms with Crippen LogP contribution in [0.1, 0.15) is 33.3 Å². The van der Waals surface area contributed by atoms with Crippen molar-refractivity contribution >= 4 is 17.5 Å². The molecule has 0 fully saturated rings. The molecule has 1 amide bonds. The highest BCUT2D eigenvalue weighted by atomic mass is 35.5. The van der Waals surface area contributed by atoms with E-state index in [1.54, 1.807) is 18.2 Å². The molecule has 1 atom stereocenters. The van der Waals surface area contributed by atoms with Crippen molar-refractivity contribution in [2.24, 2.45) is 0 Å². The van der Waals surface area contributed by atoms with Gasteiger partial charge in [-0.1, -0.05) is 29.8 Å². The summed E-state index contributed by atoms with van der Waals surface area (Å²) in [6.07, 6.45) is -5.89. The first-order valence-corrected chi connectivity index (χ1v) is 9.22. The van der Waals surface area contributed by atoms with Gasteiger partial charge in [0.1, 0.15) is 12.4 Å². The van der Waals surface area contributed by atoms with E-state index in [-0.39, 0.29) is 17.7 Å². The molecule has 1 unspecified atom stereocenters. The Hall–Kier alpha value is -2.29. The molecular formula is C20H20ClF3N2O3. The van der Waals surface area contributed by atoms with Crippen LogP contribution in [0.2, 0.25) is 5.02 Å². The Morgan fingerprint density at radius 2 is 1.97 bits per heavy atom. The maximum atomic E-state index is 13.1. The number of carbonyl (C=O) groups excluding carboxylic acids is 1. The first-order valence-electron chi connectivity index (χ1n) is 8.84. The molecule has 1 N–H and O–H groups in total. The van der Waals surface area contributed by atoms with Gasteiger partial charge >= 0.3 is 6.18 Å². The Kier molecular flexibility index (Phi) is 6.07. The summed E-state index contributed by atoms with van der Waals surface area (Å²) in [6.45, 7) is 0.778. The van der Waals surface area contributed by atoms with Gasteiger partial charge in [0.05, 0.1) is 16.1 Å². The lowest BCUT2D eigenvalue weighted by Gasteiger charge is -2.21. The topological polar surface area (TPSA) is 53.0 Å². The van der Waals surface area contributed by atoms with Crippen LogP contribution in [0.4, 0.5) is 13.2 Å². The van der Waals surface area contributed by atoms with E-state index >= 15 is 0 Å². The van der Waals surface area contributed by atoms with Crippen LogP contribution in [0.5, 0.6) is 5.75 Å². The van der Waals surface area contributed by atoms with E-state index in [4.69, 9.17) is 16.3 Å². The molecule has 1 heterocycles. The minimum atomic E-state index is -4.61. The average Bonchev–Trinajstić information content (AvgIpc) is 2.87. The highest BCUT2D eigenvalue weighted by molar-refractivity contribution is 6.31. The molecule has 9 heteroatoms. The van der Waals surface area contributed by atoms with Crippen molar-refractivity contribution < 1.29 is 27.8 Å². The molecule has 2 aromatic carbocycles. The second-order valence-corrected chi connectivity index (χ2v) is 7.40. The SMILES string of the molecule is CN(C)CCOc1cccc2c1C(=O)N(Cc1ccc(Cl)c(C(F)(F)F)c1)C2O. The van der Waals surface area contributed by atoms with Gasteiger partial charge in [-0.2, -0.15) is 13.2 Å². The Bertz CT molecular complexity index is 918. The lowest BCUT2D eigenvalue weighted by molar-refractivity contribution is -0.137. The predicted molar refractivity (Wildman–Crippen MR) is 102 cm³/mol. The molecule has 0 saturated heterocycles. The van der Waals surface area contributed by atoms with Gasteiger partial charge in [-0.15, -0.1) is 0 Å². The van der Waals surface area contributed by atoms with Crippen LogP contribution in [0.25, 0.3) is 0 Å². The number of aliphatic hydroxyl groups excluding tert-OH is 1. The van der Waals surface area contributed by atoms with Crippen LogP contribution in [0.3, 0.4) is 0 Å².